The Morgan fingerprint density at radius 2 is 1.64 bits per heavy atom. The van der Waals surface area contributed by atoms with Crippen molar-refractivity contribution in [1.29, 1.82) is 0 Å². The van der Waals surface area contributed by atoms with Crippen LogP contribution < -0.4 is 21.9 Å². The van der Waals surface area contributed by atoms with E-state index in [2.05, 4.69) is 16.2 Å². The maximum absolute atomic E-state index is 12.0. The predicted molar refractivity (Wildman–Crippen MR) is 97.6 cm³/mol. The third-order valence-corrected chi connectivity index (χ3v) is 3.82. The second-order valence-electron chi connectivity index (χ2n) is 5.80. The molecule has 2 amide bonds. The van der Waals surface area contributed by atoms with Gasteiger partial charge in [-0.05, 0) is 43.1 Å². The third kappa shape index (κ3) is 6.02. The Morgan fingerprint density at radius 1 is 0.960 bits per heavy atom. The van der Waals surface area contributed by atoms with Crippen molar-refractivity contribution in [3.8, 4) is 0 Å². The fourth-order valence-electron chi connectivity index (χ4n) is 2.36. The molecule has 132 valence electrons. The first kappa shape index (κ1) is 18.6. The quantitative estimate of drug-likeness (QED) is 0.568. The average molecular weight is 340 g/mol. The summed E-state index contributed by atoms with van der Waals surface area (Å²) in [7, 11) is 1.86. The van der Waals surface area contributed by atoms with Crippen molar-refractivity contribution >= 4 is 11.8 Å². The van der Waals surface area contributed by atoms with Gasteiger partial charge >= 0.3 is 0 Å². The molecule has 0 fully saturated rings. The van der Waals surface area contributed by atoms with Gasteiger partial charge in [0, 0.05) is 12.1 Å². The minimum atomic E-state index is -0.682. The van der Waals surface area contributed by atoms with Crippen LogP contribution in [0.25, 0.3) is 0 Å². The number of benzene rings is 2. The maximum atomic E-state index is 12.0. The standard InChI is InChI=1S/C19H24N4O2/c1-21-13-15-7-10-16(11-8-15)18(24)22-23-19(25)17(20)12-9-14-5-3-2-4-6-14/h2-8,10-11,17,21H,9,12-13,20H2,1H3,(H,22,24)(H,23,25)/t17-/m1/s1. The van der Waals surface area contributed by atoms with E-state index in [1.165, 1.54) is 0 Å². The lowest BCUT2D eigenvalue weighted by molar-refractivity contribution is -0.123. The van der Waals surface area contributed by atoms with Crippen LogP contribution in [0.4, 0.5) is 0 Å². The Morgan fingerprint density at radius 3 is 2.28 bits per heavy atom. The molecule has 0 heterocycles. The Kier molecular flexibility index (Phi) is 7.13. The summed E-state index contributed by atoms with van der Waals surface area (Å²) >= 11 is 0. The van der Waals surface area contributed by atoms with E-state index in [0.717, 1.165) is 17.7 Å². The van der Waals surface area contributed by atoms with E-state index in [4.69, 9.17) is 5.73 Å². The number of rotatable bonds is 7. The molecule has 2 rings (SSSR count). The lowest BCUT2D eigenvalue weighted by Gasteiger charge is -2.13. The van der Waals surface area contributed by atoms with Gasteiger partial charge in [-0.15, -0.1) is 0 Å². The number of hydrogen-bond donors (Lipinski definition) is 4. The lowest BCUT2D eigenvalue weighted by atomic mass is 10.1. The largest absolute Gasteiger partial charge is 0.320 e. The Bertz CT molecular complexity index is 686. The summed E-state index contributed by atoms with van der Waals surface area (Å²) in [6.07, 6.45) is 1.21. The number of amides is 2. The highest BCUT2D eigenvalue weighted by Crippen LogP contribution is 2.05. The molecule has 0 bridgehead atoms. The Balaban J connectivity index is 1.77. The zero-order valence-corrected chi connectivity index (χ0v) is 14.3. The molecule has 25 heavy (non-hydrogen) atoms. The molecule has 0 aliphatic heterocycles. The maximum Gasteiger partial charge on any atom is 0.269 e. The highest BCUT2D eigenvalue weighted by molar-refractivity contribution is 5.95. The molecule has 0 unspecified atom stereocenters. The molecule has 5 N–H and O–H groups in total. The van der Waals surface area contributed by atoms with Gasteiger partial charge in [0.1, 0.15) is 0 Å². The van der Waals surface area contributed by atoms with E-state index in [-0.39, 0.29) is 5.91 Å². The lowest BCUT2D eigenvalue weighted by Crippen LogP contribution is -2.49. The first-order valence-electron chi connectivity index (χ1n) is 8.23. The predicted octanol–water partition coefficient (Wildman–Crippen LogP) is 1.13. The van der Waals surface area contributed by atoms with Crippen molar-refractivity contribution in [2.75, 3.05) is 7.05 Å². The third-order valence-electron chi connectivity index (χ3n) is 3.82. The highest BCUT2D eigenvalue weighted by atomic mass is 16.2. The van der Waals surface area contributed by atoms with Crippen molar-refractivity contribution in [1.82, 2.24) is 16.2 Å². The van der Waals surface area contributed by atoms with Crippen LogP contribution in [-0.2, 0) is 17.8 Å². The van der Waals surface area contributed by atoms with Gasteiger partial charge in [0.05, 0.1) is 6.04 Å². The van der Waals surface area contributed by atoms with Crippen molar-refractivity contribution in [2.45, 2.75) is 25.4 Å². The molecule has 0 radical (unpaired) electrons. The number of carbonyl (C=O) groups is 2. The SMILES string of the molecule is CNCc1ccc(C(=O)NNC(=O)[C@H](N)CCc2ccccc2)cc1. The van der Waals surface area contributed by atoms with Gasteiger partial charge in [-0.3, -0.25) is 20.4 Å². The Hall–Kier alpha value is -2.70. The first-order valence-corrected chi connectivity index (χ1v) is 8.23. The van der Waals surface area contributed by atoms with Crippen molar-refractivity contribution in [2.24, 2.45) is 5.73 Å². The van der Waals surface area contributed by atoms with Crippen LogP contribution in [0.5, 0.6) is 0 Å². The van der Waals surface area contributed by atoms with Crippen LogP contribution in [0.3, 0.4) is 0 Å². The summed E-state index contributed by atoms with van der Waals surface area (Å²) in [5.41, 5.74) is 13.3. The van der Waals surface area contributed by atoms with Crippen LogP contribution in [-0.4, -0.2) is 24.9 Å². The summed E-state index contributed by atoms with van der Waals surface area (Å²) in [5.74, 6) is -0.782. The molecule has 6 nitrogen and oxygen atoms in total. The monoisotopic (exact) mass is 340 g/mol. The molecule has 1 atom stereocenters. The second kappa shape index (κ2) is 9.56. The van der Waals surface area contributed by atoms with Crippen LogP contribution in [0.1, 0.15) is 27.9 Å². The van der Waals surface area contributed by atoms with E-state index in [9.17, 15) is 9.59 Å². The number of hydrazine groups is 1. The number of carbonyl (C=O) groups excluding carboxylic acids is 2. The van der Waals surface area contributed by atoms with Crippen LogP contribution in [0.2, 0.25) is 0 Å². The molecule has 0 aliphatic rings. The van der Waals surface area contributed by atoms with Gasteiger partial charge in [0.15, 0.2) is 0 Å². The van der Waals surface area contributed by atoms with Gasteiger partial charge in [-0.2, -0.15) is 0 Å². The normalized spacial score (nSPS) is 11.6. The molecule has 0 aliphatic carbocycles. The van der Waals surface area contributed by atoms with E-state index in [0.29, 0.717) is 18.4 Å². The van der Waals surface area contributed by atoms with E-state index >= 15 is 0 Å². The molecule has 6 heteroatoms. The fraction of sp³-hybridized carbons (Fsp3) is 0.263. The molecule has 0 saturated carbocycles. The van der Waals surface area contributed by atoms with Crippen molar-refractivity contribution < 1.29 is 9.59 Å². The fourth-order valence-corrected chi connectivity index (χ4v) is 2.36. The molecular weight excluding hydrogens is 316 g/mol. The number of aryl methyl sites for hydroxylation is 1. The molecule has 0 aromatic heterocycles. The topological polar surface area (TPSA) is 96.2 Å². The molecular formula is C19H24N4O2. The van der Waals surface area contributed by atoms with Gasteiger partial charge in [-0.1, -0.05) is 42.5 Å². The minimum Gasteiger partial charge on any atom is -0.320 e. The highest BCUT2D eigenvalue weighted by Gasteiger charge is 2.14. The van der Waals surface area contributed by atoms with Gasteiger partial charge in [-0.25, -0.2) is 0 Å². The van der Waals surface area contributed by atoms with Gasteiger partial charge in [0.25, 0.3) is 11.8 Å². The summed E-state index contributed by atoms with van der Waals surface area (Å²) < 4.78 is 0. The Labute approximate surface area is 147 Å². The van der Waals surface area contributed by atoms with Crippen LogP contribution in [0.15, 0.2) is 54.6 Å². The van der Waals surface area contributed by atoms with Gasteiger partial charge in [0.2, 0.25) is 0 Å². The van der Waals surface area contributed by atoms with Crippen LogP contribution >= 0.6 is 0 Å². The average Bonchev–Trinajstić information content (AvgIpc) is 2.65. The van der Waals surface area contributed by atoms with Crippen molar-refractivity contribution in [3.05, 3.63) is 71.3 Å². The second-order valence-corrected chi connectivity index (χ2v) is 5.80. The van der Waals surface area contributed by atoms with E-state index in [1.807, 2.05) is 49.5 Å². The summed E-state index contributed by atoms with van der Waals surface area (Å²) in [4.78, 5) is 24.0. The zero-order valence-electron chi connectivity index (χ0n) is 14.3. The number of nitrogens with one attached hydrogen (secondary N) is 3. The van der Waals surface area contributed by atoms with Crippen LogP contribution in [0, 0.1) is 0 Å². The molecule has 2 aromatic carbocycles. The summed E-state index contributed by atoms with van der Waals surface area (Å²) in [5, 5.41) is 3.04. The molecule has 0 saturated heterocycles. The smallest absolute Gasteiger partial charge is 0.269 e. The number of nitrogens with two attached hydrogens (primary N) is 1. The molecule has 0 spiro atoms. The molecule has 2 aromatic rings. The summed E-state index contributed by atoms with van der Waals surface area (Å²) in [6, 6.07) is 16.3. The van der Waals surface area contributed by atoms with E-state index in [1.54, 1.807) is 12.1 Å². The van der Waals surface area contributed by atoms with Crippen molar-refractivity contribution in [3.63, 3.8) is 0 Å². The zero-order chi connectivity index (χ0) is 18.1. The van der Waals surface area contributed by atoms with Gasteiger partial charge < -0.3 is 11.1 Å². The van der Waals surface area contributed by atoms with E-state index < -0.39 is 11.9 Å². The summed E-state index contributed by atoms with van der Waals surface area (Å²) in [6.45, 7) is 0.731. The first-order chi connectivity index (χ1) is 12.1. The number of hydrogen-bond acceptors (Lipinski definition) is 4. The minimum absolute atomic E-state index is 0.375.